The molecule has 2 N–H and O–H groups in total. The van der Waals surface area contributed by atoms with E-state index in [9.17, 15) is 0 Å². The number of rotatable bonds is 4. The van der Waals surface area contributed by atoms with Gasteiger partial charge in [0.15, 0.2) is 0 Å². The standard InChI is InChI=1S/C44H30N4.Fe/c1-5-13-29(14-6-1)41-33-21-23-35(45-33)42(30-15-7-2-8-16-30)37-25-27-39(47-37)44(32-19-11-4-12-20-32)40-28-26-38(48-40)43(31-17-9-3-10-18-31)36-24-22-34(41)46-36;/h1-28,45,48H;/q;+3. The van der Waals surface area contributed by atoms with Crippen molar-refractivity contribution >= 4 is 46.4 Å². The number of aromatic amines is 2. The summed E-state index contributed by atoms with van der Waals surface area (Å²) in [6.45, 7) is 0. The van der Waals surface area contributed by atoms with Crippen LogP contribution in [-0.4, -0.2) is 19.9 Å². The SMILES string of the molecule is C1=Cc2nc1c(-c1ccccc1)c1ccc([nH]1)c(-c1ccccc1)c1nc(c(-c3ccccc3)c3ccc([nH]3)c2-c2ccccc2)C=C1.[Fe+3]. The normalized spacial score (nSPS) is 11.8. The molecular formula is C44H30FeN4+3. The van der Waals surface area contributed by atoms with Crippen LogP contribution in [0.1, 0.15) is 22.8 Å². The van der Waals surface area contributed by atoms with Crippen LogP contribution in [0.25, 0.3) is 90.9 Å². The topological polar surface area (TPSA) is 57.4 Å². The Balaban J connectivity index is 0.00000348. The van der Waals surface area contributed by atoms with E-state index in [-0.39, 0.29) is 17.1 Å². The van der Waals surface area contributed by atoms with E-state index in [2.05, 4.69) is 156 Å². The molecule has 5 heteroatoms. The van der Waals surface area contributed by atoms with Gasteiger partial charge in [-0.15, -0.1) is 0 Å². The first kappa shape index (κ1) is 30.3. The van der Waals surface area contributed by atoms with Crippen molar-refractivity contribution in [3.63, 3.8) is 0 Å². The number of nitrogens with zero attached hydrogens (tertiary/aromatic N) is 2. The van der Waals surface area contributed by atoms with Crippen LogP contribution < -0.4 is 0 Å². The maximum Gasteiger partial charge on any atom is 3.00 e. The smallest absolute Gasteiger partial charge is 0.354 e. The molecule has 0 aliphatic carbocycles. The van der Waals surface area contributed by atoms with Crippen molar-refractivity contribution in [3.05, 3.63) is 168 Å². The zero-order valence-electron chi connectivity index (χ0n) is 26.4. The third-order valence-electron chi connectivity index (χ3n) is 9.00. The molecule has 1 radical (unpaired) electrons. The van der Waals surface area contributed by atoms with E-state index in [1.54, 1.807) is 0 Å². The Morgan fingerprint density at radius 1 is 0.286 bits per heavy atom. The summed E-state index contributed by atoms with van der Waals surface area (Å²) in [6, 6.07) is 50.7. The summed E-state index contributed by atoms with van der Waals surface area (Å²) in [4.78, 5) is 18.3. The molecule has 2 aliphatic heterocycles. The molecule has 5 heterocycles. The zero-order chi connectivity index (χ0) is 31.9. The van der Waals surface area contributed by atoms with Gasteiger partial charge in [-0.1, -0.05) is 121 Å². The van der Waals surface area contributed by atoms with Gasteiger partial charge in [0.25, 0.3) is 0 Å². The number of nitrogens with one attached hydrogen (secondary N) is 2. The van der Waals surface area contributed by atoms with E-state index in [0.717, 1.165) is 89.4 Å². The molecule has 0 fully saturated rings. The molecule has 49 heavy (non-hydrogen) atoms. The van der Waals surface area contributed by atoms with E-state index in [4.69, 9.17) is 9.97 Å². The molecule has 0 spiro atoms. The second-order valence-electron chi connectivity index (χ2n) is 12.0. The average molecular weight is 671 g/mol. The Morgan fingerprint density at radius 2 is 0.510 bits per heavy atom. The number of fused-ring (bicyclic) bond motifs is 8. The molecule has 231 valence electrons. The third-order valence-corrected chi connectivity index (χ3v) is 9.00. The molecule has 0 amide bonds. The Bertz CT molecular complexity index is 2180. The van der Waals surface area contributed by atoms with Crippen molar-refractivity contribution in [1.82, 2.24) is 19.9 Å². The van der Waals surface area contributed by atoms with Crippen LogP contribution in [-0.2, 0) is 17.1 Å². The van der Waals surface area contributed by atoms with E-state index in [1.807, 2.05) is 24.3 Å². The summed E-state index contributed by atoms with van der Waals surface area (Å²) in [5.74, 6) is 0. The molecule has 4 aromatic carbocycles. The second kappa shape index (κ2) is 12.9. The number of benzene rings is 4. The fourth-order valence-electron chi connectivity index (χ4n) is 6.84. The van der Waals surface area contributed by atoms with Gasteiger partial charge in [0.05, 0.1) is 22.8 Å². The molecule has 3 aromatic heterocycles. The number of H-pyrrole nitrogens is 2. The predicted octanol–water partition coefficient (Wildman–Crippen LogP) is 11.3. The predicted molar refractivity (Wildman–Crippen MR) is 201 cm³/mol. The van der Waals surface area contributed by atoms with Gasteiger partial charge in [-0.2, -0.15) is 0 Å². The van der Waals surface area contributed by atoms with Gasteiger partial charge in [0.2, 0.25) is 0 Å². The summed E-state index contributed by atoms with van der Waals surface area (Å²) < 4.78 is 0. The van der Waals surface area contributed by atoms with E-state index >= 15 is 0 Å². The molecule has 7 aromatic rings. The van der Waals surface area contributed by atoms with E-state index in [0.29, 0.717) is 0 Å². The Kier molecular flexibility index (Phi) is 7.98. The summed E-state index contributed by atoms with van der Waals surface area (Å²) >= 11 is 0. The van der Waals surface area contributed by atoms with Crippen LogP contribution >= 0.6 is 0 Å². The minimum atomic E-state index is 0. The molecule has 0 saturated heterocycles. The summed E-state index contributed by atoms with van der Waals surface area (Å²) in [7, 11) is 0. The molecule has 0 unspecified atom stereocenters. The van der Waals surface area contributed by atoms with Crippen molar-refractivity contribution in [2.24, 2.45) is 0 Å². The van der Waals surface area contributed by atoms with Gasteiger partial charge in [0.1, 0.15) is 0 Å². The van der Waals surface area contributed by atoms with Crippen molar-refractivity contribution in [2.75, 3.05) is 0 Å². The zero-order valence-corrected chi connectivity index (χ0v) is 27.5. The van der Waals surface area contributed by atoms with Gasteiger partial charge in [-0.3, -0.25) is 0 Å². The summed E-state index contributed by atoms with van der Waals surface area (Å²) in [5, 5.41) is 0. The Hall–Kier alpha value is -6.00. The number of aromatic nitrogens is 4. The van der Waals surface area contributed by atoms with Crippen molar-refractivity contribution in [2.45, 2.75) is 0 Å². The maximum absolute atomic E-state index is 5.35. The van der Waals surface area contributed by atoms with Gasteiger partial charge >= 0.3 is 17.1 Å². The number of hydrogen-bond acceptors (Lipinski definition) is 2. The fraction of sp³-hybridized carbons (Fsp3) is 0. The van der Waals surface area contributed by atoms with Gasteiger partial charge in [-0.05, 0) is 70.8 Å². The third kappa shape index (κ3) is 5.55. The molecular weight excluding hydrogens is 640 g/mol. The van der Waals surface area contributed by atoms with Crippen LogP contribution in [0.15, 0.2) is 146 Å². The molecule has 0 saturated carbocycles. The minimum Gasteiger partial charge on any atom is -0.354 e. The van der Waals surface area contributed by atoms with Crippen LogP contribution in [0.3, 0.4) is 0 Å². The molecule has 0 atom stereocenters. The molecule has 2 aliphatic rings. The molecule has 9 rings (SSSR count). The van der Waals surface area contributed by atoms with Crippen LogP contribution in [0, 0.1) is 0 Å². The largest absolute Gasteiger partial charge is 3.00 e. The van der Waals surface area contributed by atoms with Gasteiger partial charge < -0.3 is 9.97 Å². The molecule has 8 bridgehead atoms. The van der Waals surface area contributed by atoms with Crippen LogP contribution in [0.5, 0.6) is 0 Å². The van der Waals surface area contributed by atoms with Crippen LogP contribution in [0.2, 0.25) is 0 Å². The monoisotopic (exact) mass is 670 g/mol. The van der Waals surface area contributed by atoms with Crippen molar-refractivity contribution < 1.29 is 17.1 Å². The average Bonchev–Trinajstić information content (AvgIpc) is 3.98. The first-order valence-corrected chi connectivity index (χ1v) is 16.2. The van der Waals surface area contributed by atoms with Crippen molar-refractivity contribution in [1.29, 1.82) is 0 Å². The maximum atomic E-state index is 5.35. The van der Waals surface area contributed by atoms with E-state index in [1.165, 1.54) is 0 Å². The molecule has 4 nitrogen and oxygen atoms in total. The first-order valence-electron chi connectivity index (χ1n) is 16.2. The van der Waals surface area contributed by atoms with Crippen molar-refractivity contribution in [3.8, 4) is 44.5 Å². The Labute approximate surface area is 295 Å². The van der Waals surface area contributed by atoms with Crippen LogP contribution in [0.4, 0.5) is 0 Å². The van der Waals surface area contributed by atoms with E-state index < -0.39 is 0 Å². The Morgan fingerprint density at radius 3 is 0.735 bits per heavy atom. The fourth-order valence-corrected chi connectivity index (χ4v) is 6.84. The summed E-state index contributed by atoms with van der Waals surface area (Å²) in [6.07, 6.45) is 8.54. The number of hydrogen-bond donors (Lipinski definition) is 2. The first-order chi connectivity index (χ1) is 23.8. The summed E-state index contributed by atoms with van der Waals surface area (Å²) in [5.41, 5.74) is 16.2. The second-order valence-corrected chi connectivity index (χ2v) is 12.0. The minimum absolute atomic E-state index is 0. The quantitative estimate of drug-likeness (QED) is 0.183. The van der Waals surface area contributed by atoms with Gasteiger partial charge in [0, 0.05) is 44.3 Å². The van der Waals surface area contributed by atoms with Gasteiger partial charge in [-0.25, -0.2) is 9.97 Å².